The van der Waals surface area contributed by atoms with Crippen LogP contribution in [0.2, 0.25) is 0 Å². The van der Waals surface area contributed by atoms with E-state index in [9.17, 15) is 9.59 Å². The predicted molar refractivity (Wildman–Crippen MR) is 133 cm³/mol. The van der Waals surface area contributed by atoms with E-state index in [0.29, 0.717) is 42.3 Å². The largest absolute Gasteiger partial charge is 0.496 e. The fraction of sp³-hybridized carbons (Fsp3) is 0.407. The monoisotopic (exact) mass is 466 g/mol. The topological polar surface area (TPSA) is 77.1 Å². The molecule has 34 heavy (non-hydrogen) atoms. The van der Waals surface area contributed by atoms with Crippen molar-refractivity contribution in [1.82, 2.24) is 10.2 Å². The van der Waals surface area contributed by atoms with Crippen molar-refractivity contribution in [2.45, 2.75) is 32.6 Å². The van der Waals surface area contributed by atoms with Gasteiger partial charge in [-0.2, -0.15) is 0 Å². The molecule has 1 aliphatic heterocycles. The quantitative estimate of drug-likeness (QED) is 0.666. The highest BCUT2D eigenvalue weighted by molar-refractivity contribution is 5.96. The predicted octanol–water partition coefficient (Wildman–Crippen LogP) is 4.06. The van der Waals surface area contributed by atoms with Gasteiger partial charge in [0.1, 0.15) is 17.2 Å². The minimum atomic E-state index is -0.255. The van der Waals surface area contributed by atoms with Gasteiger partial charge in [0.2, 0.25) is 5.91 Å². The summed E-state index contributed by atoms with van der Waals surface area (Å²) in [6.45, 7) is 7.32. The van der Waals surface area contributed by atoms with Crippen molar-refractivity contribution in [3.8, 4) is 17.2 Å². The van der Waals surface area contributed by atoms with E-state index in [-0.39, 0.29) is 23.8 Å². The molecular weight excluding hydrogens is 432 g/mol. The summed E-state index contributed by atoms with van der Waals surface area (Å²) in [7, 11) is 4.81. The molecule has 0 fully saturated rings. The second kappa shape index (κ2) is 10.6. The molecule has 0 atom stereocenters. The van der Waals surface area contributed by atoms with Crippen LogP contribution in [0.3, 0.4) is 0 Å². The Hall–Kier alpha value is -3.48. The first-order valence-electron chi connectivity index (χ1n) is 11.3. The maximum Gasteiger partial charge on any atom is 0.251 e. The van der Waals surface area contributed by atoms with Crippen LogP contribution in [0.25, 0.3) is 5.57 Å². The standard InChI is InChI=1S/C27H34N2O5/c1-27(2,3)20-9-7-19(8-10-20)26(31)28-17-24(30)29-13-11-18(12-14-29)25-22(33-5)15-21(32-4)16-23(25)34-6/h7-11,15-16H,12-14,17H2,1-6H3,(H,28,31). The van der Waals surface area contributed by atoms with E-state index in [1.54, 1.807) is 38.4 Å². The van der Waals surface area contributed by atoms with E-state index in [2.05, 4.69) is 26.1 Å². The van der Waals surface area contributed by atoms with Crippen molar-refractivity contribution in [1.29, 1.82) is 0 Å². The molecule has 0 spiro atoms. The van der Waals surface area contributed by atoms with Crippen molar-refractivity contribution < 1.29 is 23.8 Å². The molecule has 1 heterocycles. The van der Waals surface area contributed by atoms with Crippen molar-refractivity contribution in [3.63, 3.8) is 0 Å². The molecule has 1 aliphatic rings. The molecule has 0 radical (unpaired) electrons. The normalized spacial score (nSPS) is 13.7. The van der Waals surface area contributed by atoms with Crippen molar-refractivity contribution >= 4 is 17.4 Å². The van der Waals surface area contributed by atoms with Crippen LogP contribution < -0.4 is 19.5 Å². The van der Waals surface area contributed by atoms with E-state index < -0.39 is 0 Å². The number of nitrogens with zero attached hydrogens (tertiary/aromatic N) is 1. The summed E-state index contributed by atoms with van der Waals surface area (Å²) >= 11 is 0. The van der Waals surface area contributed by atoms with Crippen molar-refractivity contribution in [3.05, 3.63) is 59.2 Å². The highest BCUT2D eigenvalue weighted by atomic mass is 16.5. The molecule has 1 N–H and O–H groups in total. The number of methoxy groups -OCH3 is 3. The summed E-state index contributed by atoms with van der Waals surface area (Å²) in [5, 5.41) is 2.74. The number of ether oxygens (including phenoxy) is 3. The third-order valence-electron chi connectivity index (χ3n) is 6.01. The van der Waals surface area contributed by atoms with Gasteiger partial charge in [-0.05, 0) is 35.1 Å². The summed E-state index contributed by atoms with van der Waals surface area (Å²) in [5.74, 6) is 1.59. The van der Waals surface area contributed by atoms with E-state index in [1.165, 1.54) is 0 Å². The fourth-order valence-electron chi connectivity index (χ4n) is 3.94. The Morgan fingerprint density at radius 1 is 0.971 bits per heavy atom. The number of amides is 2. The lowest BCUT2D eigenvalue weighted by atomic mass is 9.87. The SMILES string of the molecule is COc1cc(OC)c(C2=CCN(C(=O)CNC(=O)c3ccc(C(C)(C)C)cc3)CC2)c(OC)c1. The van der Waals surface area contributed by atoms with Crippen LogP contribution >= 0.6 is 0 Å². The van der Waals surface area contributed by atoms with Crippen LogP contribution in [0.1, 0.15) is 48.7 Å². The van der Waals surface area contributed by atoms with E-state index in [4.69, 9.17) is 14.2 Å². The molecule has 3 rings (SSSR count). The molecule has 7 heteroatoms. The summed E-state index contributed by atoms with van der Waals surface area (Å²) in [4.78, 5) is 26.9. The highest BCUT2D eigenvalue weighted by Crippen LogP contribution is 2.40. The average Bonchev–Trinajstić information content (AvgIpc) is 2.85. The van der Waals surface area contributed by atoms with Gasteiger partial charge in [-0.25, -0.2) is 0 Å². The Morgan fingerprint density at radius 3 is 2.06 bits per heavy atom. The maximum atomic E-state index is 12.7. The highest BCUT2D eigenvalue weighted by Gasteiger charge is 2.23. The number of carbonyl (C=O) groups excluding carboxylic acids is 2. The zero-order valence-corrected chi connectivity index (χ0v) is 20.9. The summed E-state index contributed by atoms with van der Waals surface area (Å²) in [6, 6.07) is 11.1. The summed E-state index contributed by atoms with van der Waals surface area (Å²) in [6.07, 6.45) is 2.65. The van der Waals surface area contributed by atoms with Gasteiger partial charge in [-0.1, -0.05) is 39.0 Å². The molecule has 0 unspecified atom stereocenters. The molecule has 0 saturated carbocycles. The number of hydrogen-bond donors (Lipinski definition) is 1. The second-order valence-corrected chi connectivity index (χ2v) is 9.24. The van der Waals surface area contributed by atoms with Crippen molar-refractivity contribution in [2.75, 3.05) is 41.0 Å². The third kappa shape index (κ3) is 5.71. The fourth-order valence-corrected chi connectivity index (χ4v) is 3.94. The van der Waals surface area contributed by atoms with Gasteiger partial charge in [-0.3, -0.25) is 9.59 Å². The van der Waals surface area contributed by atoms with Crippen LogP contribution in [0.4, 0.5) is 0 Å². The number of hydrogen-bond acceptors (Lipinski definition) is 5. The first kappa shape index (κ1) is 25.1. The number of benzene rings is 2. The lowest BCUT2D eigenvalue weighted by Gasteiger charge is -2.28. The number of carbonyl (C=O) groups is 2. The van der Waals surface area contributed by atoms with Gasteiger partial charge in [-0.15, -0.1) is 0 Å². The third-order valence-corrected chi connectivity index (χ3v) is 6.01. The minimum absolute atomic E-state index is 0.0193. The summed E-state index contributed by atoms with van der Waals surface area (Å²) in [5.41, 5.74) is 3.63. The first-order valence-corrected chi connectivity index (χ1v) is 11.3. The first-order chi connectivity index (χ1) is 16.2. The Balaban J connectivity index is 1.62. The lowest BCUT2D eigenvalue weighted by Crippen LogP contribution is -2.42. The second-order valence-electron chi connectivity index (χ2n) is 9.24. The molecule has 0 bridgehead atoms. The summed E-state index contributed by atoms with van der Waals surface area (Å²) < 4.78 is 16.4. The van der Waals surface area contributed by atoms with Crippen LogP contribution in [-0.2, 0) is 10.2 Å². The van der Waals surface area contributed by atoms with E-state index in [1.807, 2.05) is 30.3 Å². The van der Waals surface area contributed by atoms with E-state index >= 15 is 0 Å². The Kier molecular flexibility index (Phi) is 7.87. The molecule has 2 aromatic carbocycles. The Labute approximate surface area is 201 Å². The molecule has 182 valence electrons. The van der Waals surface area contributed by atoms with E-state index in [0.717, 1.165) is 16.7 Å². The van der Waals surface area contributed by atoms with Crippen LogP contribution in [0.15, 0.2) is 42.5 Å². The molecule has 0 aromatic heterocycles. The zero-order chi connectivity index (χ0) is 24.9. The number of rotatable bonds is 7. The van der Waals surface area contributed by atoms with Crippen LogP contribution in [0.5, 0.6) is 17.2 Å². The Morgan fingerprint density at radius 2 is 1.59 bits per heavy atom. The number of nitrogens with one attached hydrogen (secondary N) is 1. The molecule has 0 aliphatic carbocycles. The molecule has 2 amide bonds. The molecular formula is C27H34N2O5. The molecule has 0 saturated heterocycles. The zero-order valence-electron chi connectivity index (χ0n) is 20.9. The van der Waals surface area contributed by atoms with Gasteiger partial charge in [0.05, 0.1) is 33.4 Å². The van der Waals surface area contributed by atoms with Gasteiger partial charge in [0.25, 0.3) is 5.91 Å². The van der Waals surface area contributed by atoms with Gasteiger partial charge >= 0.3 is 0 Å². The van der Waals surface area contributed by atoms with Gasteiger partial charge < -0.3 is 24.4 Å². The minimum Gasteiger partial charge on any atom is -0.496 e. The lowest BCUT2D eigenvalue weighted by molar-refractivity contribution is -0.129. The van der Waals surface area contributed by atoms with Crippen molar-refractivity contribution in [2.24, 2.45) is 0 Å². The van der Waals surface area contributed by atoms with Crippen LogP contribution in [0, 0.1) is 0 Å². The van der Waals surface area contributed by atoms with Gasteiger partial charge in [0.15, 0.2) is 0 Å². The maximum absolute atomic E-state index is 12.7. The average molecular weight is 467 g/mol. The van der Waals surface area contributed by atoms with Gasteiger partial charge in [0, 0.05) is 30.8 Å². The van der Waals surface area contributed by atoms with Crippen LogP contribution in [-0.4, -0.2) is 57.7 Å². The Bertz CT molecular complexity index is 1040. The smallest absolute Gasteiger partial charge is 0.251 e. The molecule has 7 nitrogen and oxygen atoms in total. The molecule has 2 aromatic rings.